The molecule has 158 valence electrons. The van der Waals surface area contributed by atoms with E-state index >= 15 is 0 Å². The fourth-order valence-electron chi connectivity index (χ4n) is 2.87. The number of carbonyl (C=O) groups excluding carboxylic acids is 1. The molecule has 0 spiro atoms. The largest absolute Gasteiger partial charge is 0.493 e. The molecule has 0 saturated heterocycles. The van der Waals surface area contributed by atoms with E-state index in [1.807, 2.05) is 0 Å². The Hall–Kier alpha value is -3.27. The van der Waals surface area contributed by atoms with Crippen LogP contribution in [0.5, 0.6) is 17.2 Å². The van der Waals surface area contributed by atoms with Crippen LogP contribution in [0.25, 0.3) is 16.6 Å². The van der Waals surface area contributed by atoms with Crippen molar-refractivity contribution in [2.75, 3.05) is 34.2 Å². The van der Waals surface area contributed by atoms with E-state index < -0.39 is 17.3 Å². The molecule has 3 rings (SSSR count). The van der Waals surface area contributed by atoms with Gasteiger partial charge in [0.25, 0.3) is 5.56 Å². The summed E-state index contributed by atoms with van der Waals surface area (Å²) in [5, 5.41) is 0.409. The van der Waals surface area contributed by atoms with Crippen LogP contribution in [0.1, 0.15) is 0 Å². The monoisotopic (exact) mass is 434 g/mol. The number of fused-ring (bicyclic) bond motifs is 1. The van der Waals surface area contributed by atoms with Crippen LogP contribution >= 0.6 is 11.8 Å². The Bertz CT molecular complexity index is 1150. The molecule has 0 aliphatic rings. The number of hydrogen-bond donors (Lipinski definition) is 0. The van der Waals surface area contributed by atoms with Crippen molar-refractivity contribution >= 4 is 28.6 Å². The summed E-state index contributed by atoms with van der Waals surface area (Å²) in [5.41, 5.74) is 0.182. The molecule has 0 saturated carbocycles. The van der Waals surface area contributed by atoms with Gasteiger partial charge < -0.3 is 18.9 Å². The molecule has 8 nitrogen and oxygen atoms in total. The molecule has 1 aromatic heterocycles. The Morgan fingerprint density at radius 1 is 1.07 bits per heavy atom. The van der Waals surface area contributed by atoms with Crippen LogP contribution in [0.3, 0.4) is 0 Å². The number of benzene rings is 2. The third kappa shape index (κ3) is 3.90. The molecule has 0 radical (unpaired) electrons. The van der Waals surface area contributed by atoms with Crippen molar-refractivity contribution in [3.05, 3.63) is 46.5 Å². The van der Waals surface area contributed by atoms with Crippen molar-refractivity contribution in [2.24, 2.45) is 0 Å². The summed E-state index contributed by atoms with van der Waals surface area (Å²) < 4.78 is 35.5. The highest BCUT2D eigenvalue weighted by atomic mass is 32.2. The first-order valence-corrected chi connectivity index (χ1v) is 9.65. The van der Waals surface area contributed by atoms with Gasteiger partial charge in [0.05, 0.1) is 45.3 Å². The number of nitrogens with zero attached hydrogens (tertiary/aromatic N) is 2. The zero-order valence-corrected chi connectivity index (χ0v) is 17.5. The molecule has 1 heterocycles. The number of methoxy groups -OCH3 is 4. The Morgan fingerprint density at radius 3 is 2.30 bits per heavy atom. The van der Waals surface area contributed by atoms with Gasteiger partial charge >= 0.3 is 5.97 Å². The SMILES string of the molecule is COC(=O)CSc1nc2c(OC)c(OC)c(OC)cc2c(=O)n1-c1ccc(F)cc1. The highest BCUT2D eigenvalue weighted by Gasteiger charge is 2.23. The van der Waals surface area contributed by atoms with Gasteiger partial charge in [0.2, 0.25) is 5.75 Å². The van der Waals surface area contributed by atoms with Gasteiger partial charge in [0.15, 0.2) is 16.7 Å². The number of thioether (sulfide) groups is 1. The van der Waals surface area contributed by atoms with Gasteiger partial charge in [-0.3, -0.25) is 14.2 Å². The van der Waals surface area contributed by atoms with E-state index in [-0.39, 0.29) is 33.3 Å². The number of rotatable bonds is 7. The smallest absolute Gasteiger partial charge is 0.316 e. The maximum Gasteiger partial charge on any atom is 0.316 e. The Labute approximate surface area is 175 Å². The van der Waals surface area contributed by atoms with Gasteiger partial charge in [-0.05, 0) is 30.3 Å². The molecule has 0 atom stereocenters. The molecular formula is C20H19FN2O6S. The molecule has 0 aliphatic heterocycles. The molecule has 0 amide bonds. The quantitative estimate of drug-likeness (QED) is 0.319. The molecule has 0 bridgehead atoms. The Balaban J connectivity index is 2.36. The first kappa shape index (κ1) is 21.4. The van der Waals surface area contributed by atoms with Gasteiger partial charge in [0.1, 0.15) is 11.3 Å². The molecule has 3 aromatic rings. The fourth-order valence-corrected chi connectivity index (χ4v) is 3.70. The number of aromatic nitrogens is 2. The predicted octanol–water partition coefficient (Wildman–Crippen LogP) is 2.82. The standard InChI is InChI=1S/C20H19FN2O6S/c1-26-14-9-13-16(18(29-4)17(14)28-3)22-20(30-10-15(24)27-2)23(19(13)25)12-7-5-11(21)6-8-12/h5-9H,10H2,1-4H3. The van der Waals surface area contributed by atoms with Crippen molar-refractivity contribution in [3.63, 3.8) is 0 Å². The number of carbonyl (C=O) groups is 1. The van der Waals surface area contributed by atoms with E-state index in [0.717, 1.165) is 11.8 Å². The third-order valence-corrected chi connectivity index (χ3v) is 5.18. The lowest BCUT2D eigenvalue weighted by Gasteiger charge is -2.17. The lowest BCUT2D eigenvalue weighted by atomic mass is 10.2. The summed E-state index contributed by atoms with van der Waals surface area (Å²) in [6, 6.07) is 6.86. The molecule has 0 aliphatic carbocycles. The maximum absolute atomic E-state index is 13.4. The van der Waals surface area contributed by atoms with Gasteiger partial charge in [-0.15, -0.1) is 0 Å². The maximum atomic E-state index is 13.4. The van der Waals surface area contributed by atoms with Crippen LogP contribution in [0.2, 0.25) is 0 Å². The zero-order chi connectivity index (χ0) is 21.8. The highest BCUT2D eigenvalue weighted by Crippen LogP contribution is 2.42. The minimum Gasteiger partial charge on any atom is -0.493 e. The van der Waals surface area contributed by atoms with Gasteiger partial charge in [-0.25, -0.2) is 9.37 Å². The summed E-state index contributed by atoms with van der Waals surface area (Å²) in [6.45, 7) is 0. The van der Waals surface area contributed by atoms with Crippen LogP contribution < -0.4 is 19.8 Å². The van der Waals surface area contributed by atoms with Crippen LogP contribution in [-0.4, -0.2) is 49.7 Å². The van der Waals surface area contributed by atoms with Crippen molar-refractivity contribution < 1.29 is 28.1 Å². The summed E-state index contributed by atoms with van der Waals surface area (Å²) in [6.07, 6.45) is 0. The first-order valence-electron chi connectivity index (χ1n) is 8.66. The van der Waals surface area contributed by atoms with E-state index in [2.05, 4.69) is 9.72 Å². The minimum atomic E-state index is -0.487. The van der Waals surface area contributed by atoms with Crippen LogP contribution in [0.15, 0.2) is 40.3 Å². The van der Waals surface area contributed by atoms with Crippen molar-refractivity contribution in [1.29, 1.82) is 0 Å². The molecule has 30 heavy (non-hydrogen) atoms. The molecule has 0 unspecified atom stereocenters. The van der Waals surface area contributed by atoms with E-state index in [0.29, 0.717) is 11.4 Å². The first-order chi connectivity index (χ1) is 14.4. The summed E-state index contributed by atoms with van der Waals surface area (Å²) in [5.74, 6) is -0.221. The number of hydrogen-bond acceptors (Lipinski definition) is 8. The topological polar surface area (TPSA) is 88.9 Å². The second-order valence-electron chi connectivity index (χ2n) is 5.92. The molecule has 0 N–H and O–H groups in total. The minimum absolute atomic E-state index is 0.0781. The Morgan fingerprint density at radius 2 is 1.73 bits per heavy atom. The van der Waals surface area contributed by atoms with Crippen molar-refractivity contribution in [3.8, 4) is 22.9 Å². The van der Waals surface area contributed by atoms with E-state index in [1.54, 1.807) is 0 Å². The molecule has 2 aromatic carbocycles. The number of halogens is 1. The molecule has 10 heteroatoms. The van der Waals surface area contributed by atoms with Gasteiger partial charge in [-0.1, -0.05) is 11.8 Å². The summed E-state index contributed by atoms with van der Waals surface area (Å²) >= 11 is 1.01. The lowest BCUT2D eigenvalue weighted by Crippen LogP contribution is -2.23. The Kier molecular flexibility index (Phi) is 6.46. The molecular weight excluding hydrogens is 415 g/mol. The zero-order valence-electron chi connectivity index (χ0n) is 16.7. The second kappa shape index (κ2) is 9.04. The number of esters is 1. The highest BCUT2D eigenvalue weighted by molar-refractivity contribution is 7.99. The van der Waals surface area contributed by atoms with E-state index in [9.17, 15) is 14.0 Å². The average molecular weight is 434 g/mol. The van der Waals surface area contributed by atoms with Crippen LogP contribution in [-0.2, 0) is 9.53 Å². The predicted molar refractivity (Wildman–Crippen MR) is 110 cm³/mol. The average Bonchev–Trinajstić information content (AvgIpc) is 2.77. The second-order valence-corrected chi connectivity index (χ2v) is 6.86. The van der Waals surface area contributed by atoms with Crippen LogP contribution in [0, 0.1) is 5.82 Å². The van der Waals surface area contributed by atoms with Crippen molar-refractivity contribution in [1.82, 2.24) is 9.55 Å². The summed E-state index contributed by atoms with van der Waals surface area (Å²) in [4.78, 5) is 29.7. The van der Waals surface area contributed by atoms with Gasteiger partial charge in [-0.2, -0.15) is 0 Å². The lowest BCUT2D eigenvalue weighted by molar-refractivity contribution is -0.137. The summed E-state index contributed by atoms with van der Waals surface area (Å²) in [7, 11) is 5.57. The number of ether oxygens (including phenoxy) is 4. The van der Waals surface area contributed by atoms with Crippen LogP contribution in [0.4, 0.5) is 4.39 Å². The third-order valence-electron chi connectivity index (χ3n) is 4.27. The fraction of sp³-hybridized carbons (Fsp3) is 0.250. The van der Waals surface area contributed by atoms with E-state index in [4.69, 9.17) is 14.2 Å². The van der Waals surface area contributed by atoms with E-state index in [1.165, 1.54) is 63.3 Å². The normalized spacial score (nSPS) is 10.7. The van der Waals surface area contributed by atoms with Crippen molar-refractivity contribution in [2.45, 2.75) is 5.16 Å². The molecule has 0 fully saturated rings. The van der Waals surface area contributed by atoms with Gasteiger partial charge in [0, 0.05) is 0 Å².